The van der Waals surface area contributed by atoms with E-state index in [0.717, 1.165) is 0 Å². The monoisotopic (exact) mass is 480 g/mol. The van der Waals surface area contributed by atoms with Crippen molar-refractivity contribution < 1.29 is 42.7 Å². The summed E-state index contributed by atoms with van der Waals surface area (Å²) in [5.74, 6) is -1.65. The van der Waals surface area contributed by atoms with Crippen molar-refractivity contribution in [2.45, 2.75) is 57.4 Å². The third kappa shape index (κ3) is 6.15. The summed E-state index contributed by atoms with van der Waals surface area (Å²) in [7, 11) is 2.97. The second kappa shape index (κ2) is 11.3. The summed E-state index contributed by atoms with van der Waals surface area (Å²) in [4.78, 5) is 13.2. The van der Waals surface area contributed by atoms with Crippen LogP contribution in [0.25, 0.3) is 6.08 Å². The fraction of sp³-hybridized carbons (Fsp3) is 0.560. The van der Waals surface area contributed by atoms with E-state index in [1.54, 1.807) is 39.0 Å². The molecule has 0 aliphatic carbocycles. The number of methoxy groups -OCH3 is 2. The lowest BCUT2D eigenvalue weighted by molar-refractivity contribution is -0.152. The molecule has 1 aromatic carbocycles. The van der Waals surface area contributed by atoms with Gasteiger partial charge in [0.15, 0.2) is 12.6 Å². The number of aliphatic hydroxyl groups excluding tert-OH is 1. The molecule has 3 rings (SSSR count). The van der Waals surface area contributed by atoms with E-state index >= 15 is 0 Å². The molecule has 1 saturated heterocycles. The van der Waals surface area contributed by atoms with Gasteiger partial charge in [-0.3, -0.25) is 4.39 Å². The molecule has 0 saturated carbocycles. The number of carbonyl (C=O) groups is 1. The summed E-state index contributed by atoms with van der Waals surface area (Å²) in [6, 6.07) is 3.24. The fourth-order valence-electron chi connectivity index (χ4n) is 3.99. The lowest BCUT2D eigenvalue weighted by atomic mass is 9.98. The van der Waals surface area contributed by atoms with Crippen LogP contribution in [0.5, 0.6) is 11.5 Å². The van der Waals surface area contributed by atoms with Crippen molar-refractivity contribution in [2.24, 2.45) is 5.92 Å². The number of fused-ring (bicyclic) bond motifs is 2. The van der Waals surface area contributed by atoms with Crippen LogP contribution >= 0.6 is 0 Å². The fourth-order valence-corrected chi connectivity index (χ4v) is 3.99. The average molecular weight is 481 g/mol. The van der Waals surface area contributed by atoms with E-state index in [9.17, 15) is 14.3 Å². The molecule has 5 unspecified atom stereocenters. The molecule has 2 aliphatic rings. The summed E-state index contributed by atoms with van der Waals surface area (Å²) in [5, 5.41) is 10.7. The minimum atomic E-state index is -1.03. The molecular weight excluding hydrogens is 447 g/mol. The molecular formula is C25H33FO8. The van der Waals surface area contributed by atoms with Gasteiger partial charge in [0.2, 0.25) is 0 Å². The minimum Gasteiger partial charge on any atom is -0.497 e. The van der Waals surface area contributed by atoms with E-state index in [-0.39, 0.29) is 18.1 Å². The maximum atomic E-state index is 13.8. The first kappa shape index (κ1) is 26.2. The van der Waals surface area contributed by atoms with Crippen LogP contribution in [0.2, 0.25) is 0 Å². The van der Waals surface area contributed by atoms with Crippen molar-refractivity contribution in [3.63, 3.8) is 0 Å². The van der Waals surface area contributed by atoms with Gasteiger partial charge in [-0.2, -0.15) is 0 Å². The first-order valence-electron chi connectivity index (χ1n) is 11.2. The minimum absolute atomic E-state index is 0.0934. The molecule has 0 amide bonds. The van der Waals surface area contributed by atoms with Crippen LogP contribution in [0.15, 0.2) is 30.4 Å². The van der Waals surface area contributed by atoms with Crippen LogP contribution in [0.4, 0.5) is 4.39 Å². The summed E-state index contributed by atoms with van der Waals surface area (Å²) in [6.07, 6.45) is 3.98. The Morgan fingerprint density at radius 1 is 1.21 bits per heavy atom. The van der Waals surface area contributed by atoms with Crippen LogP contribution in [-0.4, -0.2) is 69.0 Å². The Hall–Kier alpha value is -2.46. The molecule has 1 N–H and O–H groups in total. The standard InChI is InChI=1S/C25H33FO8/c1-15-17(13-26)9-10-19(27)23-20(33-25(2,3)34-23)8-6-7-16-11-18(30-5)12-21(31-14-29-4)22(16)24(28)32-15/h6-7,9-12,15,17,19-20,23,27H,8,13-14H2,1-5H3/b7-6?,10-9-. The lowest BCUT2D eigenvalue weighted by Crippen LogP contribution is -2.34. The predicted molar refractivity (Wildman–Crippen MR) is 122 cm³/mol. The van der Waals surface area contributed by atoms with Crippen LogP contribution in [0.3, 0.4) is 0 Å². The van der Waals surface area contributed by atoms with Crippen LogP contribution in [0, 0.1) is 5.92 Å². The van der Waals surface area contributed by atoms with Gasteiger partial charge in [0.05, 0.1) is 19.9 Å². The predicted octanol–water partition coefficient (Wildman–Crippen LogP) is 3.66. The van der Waals surface area contributed by atoms with Gasteiger partial charge in [0.25, 0.3) is 0 Å². The van der Waals surface area contributed by atoms with E-state index in [1.165, 1.54) is 26.4 Å². The summed E-state index contributed by atoms with van der Waals surface area (Å²) < 4.78 is 47.4. The SMILES string of the molecule is COCOc1cc(OC)cc2c1C(=O)OC(C)C(CF)/C=C\C(O)C1OC(C)(C)OC1CC=C2. The van der Waals surface area contributed by atoms with Crippen LogP contribution in [-0.2, 0) is 18.9 Å². The largest absolute Gasteiger partial charge is 0.497 e. The summed E-state index contributed by atoms with van der Waals surface area (Å²) in [5.41, 5.74) is 0.655. The van der Waals surface area contributed by atoms with E-state index in [4.69, 9.17) is 28.4 Å². The smallest absolute Gasteiger partial charge is 0.342 e. The van der Waals surface area contributed by atoms with Crippen molar-refractivity contribution >= 4 is 12.0 Å². The number of benzene rings is 1. The molecule has 2 heterocycles. The van der Waals surface area contributed by atoms with Gasteiger partial charge in [-0.05, 0) is 38.8 Å². The highest BCUT2D eigenvalue weighted by molar-refractivity contribution is 5.97. The summed E-state index contributed by atoms with van der Waals surface area (Å²) >= 11 is 0. The molecule has 9 heteroatoms. The van der Waals surface area contributed by atoms with Gasteiger partial charge >= 0.3 is 5.97 Å². The van der Waals surface area contributed by atoms with Crippen molar-refractivity contribution in [2.75, 3.05) is 27.7 Å². The number of cyclic esters (lactones) is 1. The van der Waals surface area contributed by atoms with Gasteiger partial charge in [-0.15, -0.1) is 0 Å². The molecule has 1 aromatic rings. The highest BCUT2D eigenvalue weighted by atomic mass is 19.1. The third-order valence-corrected chi connectivity index (χ3v) is 5.73. The zero-order valence-electron chi connectivity index (χ0n) is 20.2. The number of aliphatic hydroxyl groups is 1. The molecule has 8 nitrogen and oxygen atoms in total. The number of carbonyl (C=O) groups excluding carboxylic acids is 1. The normalized spacial score (nSPS) is 30.0. The average Bonchev–Trinajstić information content (AvgIpc) is 3.11. The van der Waals surface area contributed by atoms with Crippen molar-refractivity contribution in [1.29, 1.82) is 0 Å². The number of halogens is 1. The van der Waals surface area contributed by atoms with Crippen molar-refractivity contribution in [3.8, 4) is 11.5 Å². The maximum absolute atomic E-state index is 13.8. The zero-order valence-corrected chi connectivity index (χ0v) is 20.2. The molecule has 0 radical (unpaired) electrons. The van der Waals surface area contributed by atoms with Gasteiger partial charge < -0.3 is 33.5 Å². The quantitative estimate of drug-likeness (QED) is 0.388. The third-order valence-electron chi connectivity index (χ3n) is 5.73. The number of esters is 1. The van der Waals surface area contributed by atoms with Crippen molar-refractivity contribution in [1.82, 2.24) is 0 Å². The summed E-state index contributed by atoms with van der Waals surface area (Å²) in [6.45, 7) is 4.27. The zero-order chi connectivity index (χ0) is 24.9. The van der Waals surface area contributed by atoms with Crippen molar-refractivity contribution in [3.05, 3.63) is 41.5 Å². The van der Waals surface area contributed by atoms with Gasteiger partial charge in [0.1, 0.15) is 35.4 Å². The molecule has 2 aliphatic heterocycles. The number of rotatable bonds is 5. The number of ether oxygens (including phenoxy) is 6. The highest BCUT2D eigenvalue weighted by Crippen LogP contribution is 2.35. The maximum Gasteiger partial charge on any atom is 0.342 e. The molecule has 188 valence electrons. The molecule has 0 bridgehead atoms. The van der Waals surface area contributed by atoms with Crippen LogP contribution in [0.1, 0.15) is 43.1 Å². The second-order valence-corrected chi connectivity index (χ2v) is 8.72. The van der Waals surface area contributed by atoms with E-state index < -0.39 is 48.8 Å². The van der Waals surface area contributed by atoms with E-state index in [2.05, 4.69) is 0 Å². The number of hydrogen-bond acceptors (Lipinski definition) is 8. The van der Waals surface area contributed by atoms with Gasteiger partial charge in [-0.1, -0.05) is 24.3 Å². The van der Waals surface area contributed by atoms with E-state index in [1.807, 2.05) is 6.08 Å². The number of alkyl halides is 1. The molecule has 5 atom stereocenters. The van der Waals surface area contributed by atoms with Gasteiger partial charge in [-0.25, -0.2) is 4.79 Å². The highest BCUT2D eigenvalue weighted by Gasteiger charge is 2.43. The Labute approximate surface area is 199 Å². The Kier molecular flexibility index (Phi) is 8.70. The Bertz CT molecular complexity index is 912. The Balaban J connectivity index is 2.08. The van der Waals surface area contributed by atoms with Gasteiger partial charge in [0, 0.05) is 19.1 Å². The molecule has 0 spiro atoms. The Morgan fingerprint density at radius 3 is 2.65 bits per heavy atom. The number of hydrogen-bond donors (Lipinski definition) is 1. The van der Waals surface area contributed by atoms with E-state index in [0.29, 0.717) is 17.7 Å². The first-order chi connectivity index (χ1) is 16.2. The molecule has 34 heavy (non-hydrogen) atoms. The topological polar surface area (TPSA) is 92.7 Å². The lowest BCUT2D eigenvalue weighted by Gasteiger charge is -2.23. The Morgan fingerprint density at radius 2 is 1.97 bits per heavy atom. The second-order valence-electron chi connectivity index (χ2n) is 8.72. The first-order valence-corrected chi connectivity index (χ1v) is 11.2. The molecule has 0 aromatic heterocycles. The van der Waals surface area contributed by atoms with Crippen LogP contribution < -0.4 is 9.47 Å². The molecule has 1 fully saturated rings.